The summed E-state index contributed by atoms with van der Waals surface area (Å²) >= 11 is 0. The molecule has 0 saturated carbocycles. The van der Waals surface area contributed by atoms with E-state index >= 15 is 0 Å². The highest BCUT2D eigenvalue weighted by Crippen LogP contribution is 2.47. The normalized spacial score (nSPS) is 11.5. The van der Waals surface area contributed by atoms with Crippen LogP contribution < -0.4 is 0 Å². The maximum Gasteiger partial charge on any atom is 0.336 e. The molecule has 0 aliphatic heterocycles. The minimum absolute atomic E-state index is 0.0188. The van der Waals surface area contributed by atoms with Crippen molar-refractivity contribution in [2.24, 2.45) is 0 Å². The Bertz CT molecular complexity index is 919. The fourth-order valence-corrected chi connectivity index (χ4v) is 2.95. The Morgan fingerprint density at radius 3 is 1.84 bits per heavy atom. The van der Waals surface area contributed by atoms with Crippen LogP contribution in [-0.2, 0) is 6.42 Å². The van der Waals surface area contributed by atoms with Gasteiger partial charge in [-0.2, -0.15) is 0 Å². The molecular formula is C14H7N3O8. The molecule has 2 aromatic rings. The number of nitro benzene ring substituents is 3. The molecule has 1 aliphatic carbocycles. The molecule has 25 heavy (non-hydrogen) atoms. The highest BCUT2D eigenvalue weighted by molar-refractivity contribution is 6.02. The van der Waals surface area contributed by atoms with Gasteiger partial charge in [-0.25, -0.2) is 4.79 Å². The third-order valence-corrected chi connectivity index (χ3v) is 3.87. The predicted octanol–water partition coefficient (Wildman–Crippen LogP) is 2.68. The van der Waals surface area contributed by atoms with Crippen LogP contribution in [0.5, 0.6) is 0 Å². The molecule has 0 bridgehead atoms. The van der Waals surface area contributed by atoms with Gasteiger partial charge in [0.25, 0.3) is 17.1 Å². The van der Waals surface area contributed by atoms with E-state index in [9.17, 15) is 40.2 Å². The minimum Gasteiger partial charge on any atom is -0.478 e. The third kappa shape index (κ3) is 2.43. The molecule has 0 fully saturated rings. The van der Waals surface area contributed by atoms with Crippen molar-refractivity contribution in [2.45, 2.75) is 6.42 Å². The lowest BCUT2D eigenvalue weighted by Gasteiger charge is -2.07. The second-order valence-electron chi connectivity index (χ2n) is 5.28. The molecule has 0 atom stereocenters. The number of non-ortho nitro benzene ring substituents is 2. The van der Waals surface area contributed by atoms with E-state index < -0.39 is 43.4 Å². The first-order valence-corrected chi connectivity index (χ1v) is 6.71. The summed E-state index contributed by atoms with van der Waals surface area (Å²) < 4.78 is 0. The average molecular weight is 345 g/mol. The molecule has 126 valence electrons. The Kier molecular flexibility index (Phi) is 3.41. The monoisotopic (exact) mass is 345 g/mol. The quantitative estimate of drug-likeness (QED) is 0.556. The van der Waals surface area contributed by atoms with Crippen LogP contribution in [0.2, 0.25) is 0 Å². The summed E-state index contributed by atoms with van der Waals surface area (Å²) in [7, 11) is 0. The Hall–Kier alpha value is -3.89. The van der Waals surface area contributed by atoms with E-state index in [0.29, 0.717) is 0 Å². The largest absolute Gasteiger partial charge is 0.478 e. The molecule has 2 aromatic carbocycles. The molecule has 0 saturated heterocycles. The molecule has 11 heteroatoms. The first kappa shape index (κ1) is 16.0. The SMILES string of the molecule is O=C(O)c1cc([N+](=O)[O-])cc2c1-c1c(cc([N+](=O)[O-])cc1[N+](=O)[O-])C2. The molecule has 0 amide bonds. The van der Waals surface area contributed by atoms with Gasteiger partial charge in [0.15, 0.2) is 0 Å². The van der Waals surface area contributed by atoms with E-state index in [4.69, 9.17) is 0 Å². The Labute approximate surface area is 137 Å². The van der Waals surface area contributed by atoms with Crippen LogP contribution in [0.4, 0.5) is 17.1 Å². The lowest BCUT2D eigenvalue weighted by molar-refractivity contribution is -0.393. The molecule has 1 aliphatic rings. The van der Waals surface area contributed by atoms with Crippen LogP contribution in [0.15, 0.2) is 24.3 Å². The van der Waals surface area contributed by atoms with Gasteiger partial charge in [0, 0.05) is 23.8 Å². The Balaban J connectivity index is 2.39. The van der Waals surface area contributed by atoms with Crippen LogP contribution in [0.25, 0.3) is 11.1 Å². The molecule has 0 spiro atoms. The van der Waals surface area contributed by atoms with Crippen LogP contribution in [0.3, 0.4) is 0 Å². The van der Waals surface area contributed by atoms with Crippen LogP contribution in [-0.4, -0.2) is 25.8 Å². The first-order chi connectivity index (χ1) is 11.7. The van der Waals surface area contributed by atoms with Crippen LogP contribution >= 0.6 is 0 Å². The van der Waals surface area contributed by atoms with Gasteiger partial charge in [-0.05, 0) is 17.5 Å². The van der Waals surface area contributed by atoms with Gasteiger partial charge < -0.3 is 5.11 Å². The predicted molar refractivity (Wildman–Crippen MR) is 81.6 cm³/mol. The van der Waals surface area contributed by atoms with E-state index in [1.807, 2.05) is 0 Å². The standard InChI is InChI=1S/C14H7N3O8/c18-14(19)10-4-8(15(20)21)2-6-1-7-3-9(16(22)23)5-11(17(24)25)13(7)12(6)10/h2-5H,1H2,(H,18,19). The Morgan fingerprint density at radius 2 is 1.36 bits per heavy atom. The van der Waals surface area contributed by atoms with E-state index in [1.54, 1.807) is 0 Å². The summed E-state index contributed by atoms with van der Waals surface area (Å²) in [6.45, 7) is 0. The van der Waals surface area contributed by atoms with E-state index in [1.165, 1.54) is 0 Å². The average Bonchev–Trinajstić information content (AvgIpc) is 2.90. The van der Waals surface area contributed by atoms with Crippen LogP contribution in [0.1, 0.15) is 21.5 Å². The smallest absolute Gasteiger partial charge is 0.336 e. The van der Waals surface area contributed by atoms with Gasteiger partial charge in [0.1, 0.15) is 0 Å². The zero-order valence-corrected chi connectivity index (χ0v) is 12.2. The number of rotatable bonds is 4. The number of nitrogens with zero attached hydrogens (tertiary/aromatic N) is 3. The van der Waals surface area contributed by atoms with Crippen molar-refractivity contribution in [3.05, 3.63) is 71.3 Å². The number of hydrogen-bond donors (Lipinski definition) is 1. The van der Waals surface area contributed by atoms with Crippen molar-refractivity contribution in [1.82, 2.24) is 0 Å². The molecular weight excluding hydrogens is 338 g/mol. The number of nitro groups is 3. The van der Waals surface area contributed by atoms with Gasteiger partial charge in [0.2, 0.25) is 0 Å². The molecule has 1 N–H and O–H groups in total. The molecule has 0 unspecified atom stereocenters. The van der Waals surface area contributed by atoms with Crippen molar-refractivity contribution in [1.29, 1.82) is 0 Å². The van der Waals surface area contributed by atoms with Crippen molar-refractivity contribution < 1.29 is 24.7 Å². The fourth-order valence-electron chi connectivity index (χ4n) is 2.95. The lowest BCUT2D eigenvalue weighted by Crippen LogP contribution is -2.03. The number of benzene rings is 2. The van der Waals surface area contributed by atoms with E-state index in [-0.39, 0.29) is 28.7 Å². The second kappa shape index (κ2) is 5.33. The third-order valence-electron chi connectivity index (χ3n) is 3.87. The van der Waals surface area contributed by atoms with E-state index in [0.717, 1.165) is 24.3 Å². The number of hydrogen-bond acceptors (Lipinski definition) is 7. The van der Waals surface area contributed by atoms with Gasteiger partial charge in [-0.1, -0.05) is 0 Å². The number of aromatic carboxylic acids is 1. The topological polar surface area (TPSA) is 167 Å². The van der Waals surface area contributed by atoms with Crippen LogP contribution in [0, 0.1) is 30.3 Å². The van der Waals surface area contributed by atoms with E-state index in [2.05, 4.69) is 0 Å². The van der Waals surface area contributed by atoms with Crippen molar-refractivity contribution in [3.63, 3.8) is 0 Å². The zero-order valence-electron chi connectivity index (χ0n) is 12.2. The van der Waals surface area contributed by atoms with Gasteiger partial charge in [-0.3, -0.25) is 30.3 Å². The van der Waals surface area contributed by atoms with Crippen molar-refractivity contribution in [3.8, 4) is 11.1 Å². The molecule has 0 aromatic heterocycles. The molecule has 0 heterocycles. The summed E-state index contributed by atoms with van der Waals surface area (Å²) in [6.07, 6.45) is -0.0743. The summed E-state index contributed by atoms with van der Waals surface area (Å²) in [5.74, 6) is -1.49. The zero-order chi connectivity index (χ0) is 18.5. The maximum absolute atomic E-state index is 11.5. The number of carboxylic acid groups (broad SMARTS) is 1. The van der Waals surface area contributed by atoms with Gasteiger partial charge in [-0.15, -0.1) is 0 Å². The molecule has 3 rings (SSSR count). The highest BCUT2D eigenvalue weighted by Gasteiger charge is 2.35. The number of carboxylic acids is 1. The second-order valence-corrected chi connectivity index (χ2v) is 5.28. The maximum atomic E-state index is 11.5. The minimum atomic E-state index is -1.49. The number of fused-ring (bicyclic) bond motifs is 3. The van der Waals surface area contributed by atoms with Gasteiger partial charge in [0.05, 0.1) is 32.0 Å². The lowest BCUT2D eigenvalue weighted by atomic mass is 9.97. The Morgan fingerprint density at radius 1 is 0.840 bits per heavy atom. The number of carbonyl (C=O) groups is 1. The molecule has 0 radical (unpaired) electrons. The summed E-state index contributed by atoms with van der Waals surface area (Å²) in [5.41, 5.74) is -1.75. The highest BCUT2D eigenvalue weighted by atomic mass is 16.6. The summed E-state index contributed by atoms with van der Waals surface area (Å²) in [5, 5.41) is 42.6. The summed E-state index contributed by atoms with van der Waals surface area (Å²) in [6, 6.07) is 3.81. The van der Waals surface area contributed by atoms with Gasteiger partial charge >= 0.3 is 5.97 Å². The van der Waals surface area contributed by atoms with Crippen molar-refractivity contribution in [2.75, 3.05) is 0 Å². The summed E-state index contributed by atoms with van der Waals surface area (Å²) in [4.78, 5) is 42.4. The fraction of sp³-hybridized carbons (Fsp3) is 0.0714. The van der Waals surface area contributed by atoms with Crippen molar-refractivity contribution >= 4 is 23.0 Å². The first-order valence-electron chi connectivity index (χ1n) is 6.71. The molecule has 11 nitrogen and oxygen atoms in total.